The van der Waals surface area contributed by atoms with Crippen molar-refractivity contribution in [2.75, 3.05) is 23.7 Å². The van der Waals surface area contributed by atoms with Crippen LogP contribution in [0.15, 0.2) is 59.1 Å². The number of sulfonamides is 1. The lowest BCUT2D eigenvalue weighted by Crippen LogP contribution is -2.38. The van der Waals surface area contributed by atoms with Crippen molar-refractivity contribution >= 4 is 43.5 Å². The van der Waals surface area contributed by atoms with Gasteiger partial charge in [-0.15, -0.1) is 0 Å². The molecule has 29 heavy (non-hydrogen) atoms. The molecule has 1 atom stereocenters. The summed E-state index contributed by atoms with van der Waals surface area (Å²) in [6.07, 6.45) is 0.108. The number of anilines is 1. The maximum absolute atomic E-state index is 12.4. The van der Waals surface area contributed by atoms with Gasteiger partial charge in [0.25, 0.3) is 0 Å². The summed E-state index contributed by atoms with van der Waals surface area (Å²) in [5.41, 5.74) is 1.59. The number of benzene rings is 2. The van der Waals surface area contributed by atoms with Crippen molar-refractivity contribution < 1.29 is 18.0 Å². The number of halogens is 1. The summed E-state index contributed by atoms with van der Waals surface area (Å²) in [7, 11) is -3.52. The van der Waals surface area contributed by atoms with Gasteiger partial charge in [-0.05, 0) is 23.8 Å². The third-order valence-electron chi connectivity index (χ3n) is 4.62. The highest BCUT2D eigenvalue weighted by Crippen LogP contribution is 2.27. The van der Waals surface area contributed by atoms with E-state index in [1.165, 1.54) is 0 Å². The molecule has 0 aliphatic carbocycles. The fraction of sp³-hybridized carbons (Fsp3) is 0.300. The molecule has 0 bridgehead atoms. The molecule has 2 N–H and O–H groups in total. The molecule has 1 fully saturated rings. The highest BCUT2D eigenvalue weighted by Gasteiger charge is 2.35. The van der Waals surface area contributed by atoms with Gasteiger partial charge in [-0.3, -0.25) is 9.59 Å². The van der Waals surface area contributed by atoms with E-state index in [-0.39, 0.29) is 43.6 Å². The molecule has 0 radical (unpaired) electrons. The normalized spacial score (nSPS) is 16.8. The van der Waals surface area contributed by atoms with E-state index in [1.54, 1.807) is 4.90 Å². The van der Waals surface area contributed by atoms with Gasteiger partial charge in [-0.2, -0.15) is 0 Å². The highest BCUT2D eigenvalue weighted by molar-refractivity contribution is 9.10. The quantitative estimate of drug-likeness (QED) is 0.605. The summed E-state index contributed by atoms with van der Waals surface area (Å²) in [5.74, 6) is -1.15. The first-order chi connectivity index (χ1) is 13.8. The predicted molar refractivity (Wildman–Crippen MR) is 115 cm³/mol. The van der Waals surface area contributed by atoms with Crippen molar-refractivity contribution in [2.45, 2.75) is 13.0 Å². The summed E-state index contributed by atoms with van der Waals surface area (Å²) in [4.78, 5) is 26.2. The van der Waals surface area contributed by atoms with Gasteiger partial charge in [-0.1, -0.05) is 52.3 Å². The maximum atomic E-state index is 12.4. The molecule has 1 aliphatic heterocycles. The van der Waals surface area contributed by atoms with Crippen LogP contribution in [0.25, 0.3) is 0 Å². The molecule has 2 amide bonds. The number of nitrogens with zero attached hydrogens (tertiary/aromatic N) is 1. The largest absolute Gasteiger partial charge is 0.355 e. The topological polar surface area (TPSA) is 95.6 Å². The number of rotatable bonds is 8. The molecule has 1 saturated heterocycles. The Morgan fingerprint density at radius 1 is 1.14 bits per heavy atom. The molecular weight excluding hydrogens is 458 g/mol. The molecule has 1 unspecified atom stereocenters. The van der Waals surface area contributed by atoms with Crippen molar-refractivity contribution in [3.63, 3.8) is 0 Å². The zero-order valence-corrected chi connectivity index (χ0v) is 18.1. The molecule has 0 aromatic heterocycles. The Morgan fingerprint density at radius 2 is 1.90 bits per heavy atom. The highest BCUT2D eigenvalue weighted by atomic mass is 79.9. The van der Waals surface area contributed by atoms with E-state index < -0.39 is 15.9 Å². The molecule has 154 valence electrons. The van der Waals surface area contributed by atoms with Crippen LogP contribution in [0.5, 0.6) is 0 Å². The van der Waals surface area contributed by atoms with Crippen LogP contribution in [0.1, 0.15) is 12.0 Å². The number of nitrogens with one attached hydrogen (secondary N) is 2. The van der Waals surface area contributed by atoms with Crippen molar-refractivity contribution in [3.8, 4) is 0 Å². The molecule has 7 nitrogen and oxygen atoms in total. The molecule has 0 saturated carbocycles. The molecule has 1 aliphatic rings. The Hall–Kier alpha value is -2.23. The standard InChI is InChI=1S/C20H22BrN3O4S/c21-17-7-4-8-18(12-17)24-14-16(11-19(24)25)20(26)22-9-10-29(27,28)23-13-15-5-2-1-3-6-15/h1-8,12,16,23H,9-11,13-14H2,(H,22,26). The Bertz CT molecular complexity index is 982. The van der Waals surface area contributed by atoms with Crippen LogP contribution in [-0.4, -0.2) is 39.1 Å². The van der Waals surface area contributed by atoms with E-state index in [4.69, 9.17) is 0 Å². The average molecular weight is 480 g/mol. The van der Waals surface area contributed by atoms with Crippen LogP contribution in [0.2, 0.25) is 0 Å². The first-order valence-electron chi connectivity index (χ1n) is 9.19. The van der Waals surface area contributed by atoms with E-state index in [2.05, 4.69) is 26.0 Å². The van der Waals surface area contributed by atoms with Crippen LogP contribution in [0, 0.1) is 5.92 Å². The lowest BCUT2D eigenvalue weighted by molar-refractivity contribution is -0.126. The summed E-state index contributed by atoms with van der Waals surface area (Å²) in [6.45, 7) is 0.473. The summed E-state index contributed by atoms with van der Waals surface area (Å²) in [6, 6.07) is 16.5. The number of hydrogen-bond acceptors (Lipinski definition) is 4. The monoisotopic (exact) mass is 479 g/mol. The zero-order chi connectivity index (χ0) is 20.9. The van der Waals surface area contributed by atoms with E-state index in [0.717, 1.165) is 15.7 Å². The van der Waals surface area contributed by atoms with Gasteiger partial charge in [0, 0.05) is 36.2 Å². The van der Waals surface area contributed by atoms with Gasteiger partial charge in [0.15, 0.2) is 0 Å². The fourth-order valence-electron chi connectivity index (χ4n) is 3.09. The van der Waals surface area contributed by atoms with E-state index in [1.807, 2.05) is 54.6 Å². The van der Waals surface area contributed by atoms with Crippen LogP contribution in [-0.2, 0) is 26.2 Å². The van der Waals surface area contributed by atoms with Gasteiger partial charge in [-0.25, -0.2) is 13.1 Å². The van der Waals surface area contributed by atoms with E-state index in [9.17, 15) is 18.0 Å². The third kappa shape index (κ3) is 6.12. The van der Waals surface area contributed by atoms with Crippen molar-refractivity contribution in [3.05, 3.63) is 64.6 Å². The minimum absolute atomic E-state index is 0.00939. The van der Waals surface area contributed by atoms with Gasteiger partial charge in [0.05, 0.1) is 11.7 Å². The fourth-order valence-corrected chi connectivity index (χ4v) is 4.38. The Balaban J connectivity index is 1.46. The van der Waals surface area contributed by atoms with Gasteiger partial charge in [0.1, 0.15) is 0 Å². The SMILES string of the molecule is O=C(NCCS(=O)(=O)NCc1ccccc1)C1CC(=O)N(c2cccc(Br)c2)C1. The minimum atomic E-state index is -3.52. The second-order valence-electron chi connectivity index (χ2n) is 6.80. The van der Waals surface area contributed by atoms with E-state index >= 15 is 0 Å². The minimum Gasteiger partial charge on any atom is -0.355 e. The van der Waals surface area contributed by atoms with Gasteiger partial charge in [0.2, 0.25) is 21.8 Å². The number of hydrogen-bond donors (Lipinski definition) is 2. The van der Waals surface area contributed by atoms with Crippen molar-refractivity contribution in [1.82, 2.24) is 10.0 Å². The van der Waals surface area contributed by atoms with Crippen LogP contribution >= 0.6 is 15.9 Å². The first-order valence-corrected chi connectivity index (χ1v) is 11.6. The Labute approximate surface area is 178 Å². The lowest BCUT2D eigenvalue weighted by Gasteiger charge is -2.17. The van der Waals surface area contributed by atoms with Crippen LogP contribution in [0.4, 0.5) is 5.69 Å². The van der Waals surface area contributed by atoms with Crippen molar-refractivity contribution in [2.24, 2.45) is 5.92 Å². The molecule has 1 heterocycles. The molecule has 9 heteroatoms. The third-order valence-corrected chi connectivity index (χ3v) is 6.44. The number of carbonyl (C=O) groups excluding carboxylic acids is 2. The molecular formula is C20H22BrN3O4S. The molecule has 0 spiro atoms. The lowest BCUT2D eigenvalue weighted by atomic mass is 10.1. The summed E-state index contributed by atoms with van der Waals surface area (Å²) < 4.78 is 27.6. The van der Waals surface area contributed by atoms with E-state index in [0.29, 0.717) is 0 Å². The summed E-state index contributed by atoms with van der Waals surface area (Å²) in [5, 5.41) is 2.64. The smallest absolute Gasteiger partial charge is 0.227 e. The van der Waals surface area contributed by atoms with Gasteiger partial charge < -0.3 is 10.2 Å². The second-order valence-corrected chi connectivity index (χ2v) is 9.64. The summed E-state index contributed by atoms with van der Waals surface area (Å²) >= 11 is 3.37. The van der Waals surface area contributed by atoms with Crippen molar-refractivity contribution in [1.29, 1.82) is 0 Å². The van der Waals surface area contributed by atoms with Gasteiger partial charge >= 0.3 is 0 Å². The number of carbonyl (C=O) groups is 2. The molecule has 2 aromatic carbocycles. The Morgan fingerprint density at radius 3 is 2.62 bits per heavy atom. The Kier molecular flexibility index (Phi) is 7.05. The maximum Gasteiger partial charge on any atom is 0.227 e. The predicted octanol–water partition coefficient (Wildman–Crippen LogP) is 2.04. The average Bonchev–Trinajstić information content (AvgIpc) is 3.09. The number of amides is 2. The second kappa shape index (κ2) is 9.51. The first kappa shape index (κ1) is 21.5. The molecule has 2 aromatic rings. The molecule has 3 rings (SSSR count). The zero-order valence-electron chi connectivity index (χ0n) is 15.7. The van der Waals surface area contributed by atoms with Crippen LogP contribution < -0.4 is 14.9 Å². The van der Waals surface area contributed by atoms with Crippen LogP contribution in [0.3, 0.4) is 0 Å².